The highest BCUT2D eigenvalue weighted by Gasteiger charge is 2.47. The molecule has 1 amide bonds. The van der Waals surface area contributed by atoms with Gasteiger partial charge in [0.05, 0.1) is 14.2 Å². The van der Waals surface area contributed by atoms with E-state index in [0.717, 1.165) is 41.7 Å². The molecule has 0 spiro atoms. The molecule has 2 saturated carbocycles. The van der Waals surface area contributed by atoms with Gasteiger partial charge in [-0.1, -0.05) is 0 Å². The smallest absolute Gasteiger partial charge is 0.223 e. The highest BCUT2D eigenvalue weighted by Crippen LogP contribution is 2.54. The van der Waals surface area contributed by atoms with Crippen LogP contribution in [0.3, 0.4) is 0 Å². The summed E-state index contributed by atoms with van der Waals surface area (Å²) in [7, 11) is 3.27. The van der Waals surface area contributed by atoms with E-state index in [0.29, 0.717) is 6.54 Å². The summed E-state index contributed by atoms with van der Waals surface area (Å²) in [5.74, 6) is 3.61. The van der Waals surface area contributed by atoms with Gasteiger partial charge in [0.15, 0.2) is 0 Å². The molecule has 4 heteroatoms. The lowest BCUT2D eigenvalue weighted by Gasteiger charge is -2.14. The van der Waals surface area contributed by atoms with Crippen molar-refractivity contribution < 1.29 is 14.3 Å². The van der Waals surface area contributed by atoms with Crippen LogP contribution >= 0.6 is 0 Å². The largest absolute Gasteiger partial charge is 0.497 e. The minimum absolute atomic E-state index is 0.182. The van der Waals surface area contributed by atoms with Gasteiger partial charge in [-0.15, -0.1) is 0 Å². The Bertz CT molecular complexity index is 504. The maximum absolute atomic E-state index is 12.2. The number of rotatable bonds is 5. The fraction of sp³-hybridized carbons (Fsp3) is 0.562. The van der Waals surface area contributed by atoms with Crippen molar-refractivity contribution in [1.82, 2.24) is 5.32 Å². The fourth-order valence-corrected chi connectivity index (χ4v) is 3.28. The zero-order valence-corrected chi connectivity index (χ0v) is 12.0. The van der Waals surface area contributed by atoms with Gasteiger partial charge in [0.1, 0.15) is 11.5 Å². The van der Waals surface area contributed by atoms with E-state index in [4.69, 9.17) is 9.47 Å². The second-order valence-corrected chi connectivity index (χ2v) is 5.82. The van der Waals surface area contributed by atoms with E-state index in [9.17, 15) is 4.79 Å². The quantitative estimate of drug-likeness (QED) is 0.897. The molecule has 1 aromatic carbocycles. The Kier molecular flexibility index (Phi) is 3.55. The van der Waals surface area contributed by atoms with Crippen LogP contribution in [0.15, 0.2) is 18.2 Å². The summed E-state index contributed by atoms with van der Waals surface area (Å²) in [6, 6.07) is 5.63. The van der Waals surface area contributed by atoms with E-state index in [1.807, 2.05) is 18.2 Å². The third-order valence-electron chi connectivity index (χ3n) is 4.55. The molecule has 4 nitrogen and oxygen atoms in total. The lowest BCUT2D eigenvalue weighted by molar-refractivity contribution is -0.125. The van der Waals surface area contributed by atoms with Crippen molar-refractivity contribution in [2.75, 3.05) is 14.2 Å². The summed E-state index contributed by atoms with van der Waals surface area (Å²) in [5, 5.41) is 3.03. The molecule has 0 bridgehead atoms. The van der Waals surface area contributed by atoms with Gasteiger partial charge in [0.2, 0.25) is 5.91 Å². The van der Waals surface area contributed by atoms with Crippen LogP contribution in [0.1, 0.15) is 24.8 Å². The molecule has 0 saturated heterocycles. The lowest BCUT2D eigenvalue weighted by Crippen LogP contribution is -2.29. The van der Waals surface area contributed by atoms with Crippen molar-refractivity contribution in [2.45, 2.75) is 25.8 Å². The molecule has 1 aromatic rings. The number of amides is 1. The van der Waals surface area contributed by atoms with Gasteiger partial charge in [-0.2, -0.15) is 0 Å². The van der Waals surface area contributed by atoms with Crippen molar-refractivity contribution in [3.63, 3.8) is 0 Å². The van der Waals surface area contributed by atoms with E-state index < -0.39 is 0 Å². The predicted octanol–water partition coefficient (Wildman–Crippen LogP) is 2.37. The van der Waals surface area contributed by atoms with Gasteiger partial charge >= 0.3 is 0 Å². The van der Waals surface area contributed by atoms with E-state index in [1.165, 1.54) is 6.42 Å². The van der Waals surface area contributed by atoms with Crippen molar-refractivity contribution in [3.05, 3.63) is 23.8 Å². The summed E-state index contributed by atoms with van der Waals surface area (Å²) < 4.78 is 10.5. The number of benzene rings is 1. The number of carbonyl (C=O) groups is 1. The number of ether oxygens (including phenoxy) is 2. The average Bonchev–Trinajstić information content (AvgIpc) is 3.10. The fourth-order valence-electron chi connectivity index (χ4n) is 3.28. The van der Waals surface area contributed by atoms with E-state index in [1.54, 1.807) is 14.2 Å². The summed E-state index contributed by atoms with van der Waals surface area (Å²) in [6.07, 6.45) is 3.49. The van der Waals surface area contributed by atoms with Crippen LogP contribution < -0.4 is 14.8 Å². The second kappa shape index (κ2) is 5.35. The van der Waals surface area contributed by atoms with Crippen molar-refractivity contribution in [1.29, 1.82) is 0 Å². The number of hydrogen-bond donors (Lipinski definition) is 1. The van der Waals surface area contributed by atoms with Gasteiger partial charge < -0.3 is 14.8 Å². The first-order chi connectivity index (χ1) is 9.71. The Labute approximate surface area is 119 Å². The van der Waals surface area contributed by atoms with Crippen molar-refractivity contribution in [2.24, 2.45) is 17.8 Å². The Morgan fingerprint density at radius 2 is 1.95 bits per heavy atom. The molecule has 2 aliphatic carbocycles. The Morgan fingerprint density at radius 1 is 1.20 bits per heavy atom. The molecule has 2 unspecified atom stereocenters. The molecule has 0 aromatic heterocycles. The third kappa shape index (κ3) is 2.60. The molecule has 20 heavy (non-hydrogen) atoms. The first-order valence-electron chi connectivity index (χ1n) is 7.20. The average molecular weight is 275 g/mol. The highest BCUT2D eigenvalue weighted by molar-refractivity contribution is 5.79. The standard InChI is InChI=1S/C16H21NO3/c1-19-14-3-4-15(20-2)13(8-14)9-17-16(18)12-6-10-5-11(10)7-12/h3-4,8,10-12H,5-7,9H2,1-2H3,(H,17,18). The molecule has 1 N–H and O–H groups in total. The number of hydrogen-bond acceptors (Lipinski definition) is 3. The zero-order valence-electron chi connectivity index (χ0n) is 12.0. The number of nitrogens with one attached hydrogen (secondary N) is 1. The maximum atomic E-state index is 12.2. The van der Waals surface area contributed by atoms with Gasteiger partial charge in [-0.05, 0) is 49.3 Å². The van der Waals surface area contributed by atoms with E-state index in [2.05, 4.69) is 5.32 Å². The van der Waals surface area contributed by atoms with Crippen LogP contribution in [-0.4, -0.2) is 20.1 Å². The van der Waals surface area contributed by atoms with Crippen LogP contribution in [0, 0.1) is 17.8 Å². The first kappa shape index (κ1) is 13.3. The molecule has 0 heterocycles. The van der Waals surface area contributed by atoms with Crippen LogP contribution in [0.25, 0.3) is 0 Å². The molecule has 0 aliphatic heterocycles. The summed E-state index contributed by atoms with van der Waals surface area (Å²) in [4.78, 5) is 12.2. The van der Waals surface area contributed by atoms with E-state index in [-0.39, 0.29) is 11.8 Å². The Hall–Kier alpha value is -1.71. The molecular weight excluding hydrogens is 254 g/mol. The SMILES string of the molecule is COc1ccc(OC)c(CNC(=O)C2CC3CC3C2)c1. The third-order valence-corrected chi connectivity index (χ3v) is 4.55. The molecule has 108 valence electrons. The van der Waals surface area contributed by atoms with Crippen LogP contribution in [-0.2, 0) is 11.3 Å². The van der Waals surface area contributed by atoms with Gasteiger partial charge in [0, 0.05) is 18.0 Å². The minimum Gasteiger partial charge on any atom is -0.497 e. The lowest BCUT2D eigenvalue weighted by atomic mass is 10.0. The van der Waals surface area contributed by atoms with Crippen LogP contribution in [0.5, 0.6) is 11.5 Å². The maximum Gasteiger partial charge on any atom is 0.223 e. The summed E-state index contributed by atoms with van der Waals surface area (Å²) in [5.41, 5.74) is 0.948. The molecule has 2 fully saturated rings. The summed E-state index contributed by atoms with van der Waals surface area (Å²) in [6.45, 7) is 0.491. The van der Waals surface area contributed by atoms with E-state index >= 15 is 0 Å². The van der Waals surface area contributed by atoms with Gasteiger partial charge in [0.25, 0.3) is 0 Å². The highest BCUT2D eigenvalue weighted by atomic mass is 16.5. The van der Waals surface area contributed by atoms with Crippen LogP contribution in [0.4, 0.5) is 0 Å². The summed E-state index contributed by atoms with van der Waals surface area (Å²) >= 11 is 0. The van der Waals surface area contributed by atoms with Crippen molar-refractivity contribution >= 4 is 5.91 Å². The number of carbonyl (C=O) groups excluding carboxylic acids is 1. The zero-order chi connectivity index (χ0) is 14.1. The number of methoxy groups -OCH3 is 2. The topological polar surface area (TPSA) is 47.6 Å². The van der Waals surface area contributed by atoms with Crippen LogP contribution in [0.2, 0.25) is 0 Å². The second-order valence-electron chi connectivity index (χ2n) is 5.82. The molecule has 2 atom stereocenters. The molecule has 0 radical (unpaired) electrons. The number of fused-ring (bicyclic) bond motifs is 1. The van der Waals surface area contributed by atoms with Gasteiger partial charge in [-0.25, -0.2) is 0 Å². The Morgan fingerprint density at radius 3 is 2.60 bits per heavy atom. The first-order valence-corrected chi connectivity index (χ1v) is 7.20. The monoisotopic (exact) mass is 275 g/mol. The van der Waals surface area contributed by atoms with Gasteiger partial charge in [-0.3, -0.25) is 4.79 Å². The normalized spacial score (nSPS) is 26.8. The van der Waals surface area contributed by atoms with Crippen molar-refractivity contribution in [3.8, 4) is 11.5 Å². The molecular formula is C16H21NO3. The molecule has 2 aliphatic rings. The molecule has 3 rings (SSSR count). The minimum atomic E-state index is 0.182. The Balaban J connectivity index is 1.60. The predicted molar refractivity (Wildman–Crippen MR) is 75.7 cm³/mol.